The van der Waals surface area contributed by atoms with E-state index >= 15 is 0 Å². The highest BCUT2D eigenvalue weighted by Crippen LogP contribution is 2.21. The molecule has 124 valence electrons. The number of hydrogen-bond donors (Lipinski definition) is 1. The maximum atomic E-state index is 13.2. The molecule has 1 N–H and O–H groups in total. The summed E-state index contributed by atoms with van der Waals surface area (Å²) in [6, 6.07) is 24.7. The topological polar surface area (TPSA) is 23.5 Å². The van der Waals surface area contributed by atoms with Gasteiger partial charge < -0.3 is 5.21 Å². The minimum atomic E-state index is -0.555. The summed E-state index contributed by atoms with van der Waals surface area (Å²) in [5.41, 5.74) is 2.57. The van der Waals surface area contributed by atoms with E-state index < -0.39 is 6.04 Å². The third-order valence-electron chi connectivity index (χ3n) is 3.80. The zero-order chi connectivity index (χ0) is 17.5. The van der Waals surface area contributed by atoms with Crippen LogP contribution in [-0.4, -0.2) is 10.3 Å². The molecule has 0 aliphatic rings. The van der Waals surface area contributed by atoms with Crippen LogP contribution >= 0.6 is 0 Å². The van der Waals surface area contributed by atoms with Crippen LogP contribution in [0.2, 0.25) is 0 Å². The van der Waals surface area contributed by atoms with Crippen LogP contribution in [0, 0.1) is 17.7 Å². The Morgan fingerprint density at radius 2 is 1.44 bits per heavy atom. The third kappa shape index (κ3) is 4.77. The summed E-state index contributed by atoms with van der Waals surface area (Å²) < 4.78 is 13.2. The van der Waals surface area contributed by atoms with Gasteiger partial charge in [0.2, 0.25) is 0 Å². The smallest absolute Gasteiger partial charge is 0.123 e. The summed E-state index contributed by atoms with van der Waals surface area (Å²) in [7, 11) is 0. The average Bonchev–Trinajstić information content (AvgIpc) is 2.65. The summed E-state index contributed by atoms with van der Waals surface area (Å²) in [4.78, 5) is 0. The first-order chi connectivity index (χ1) is 12.2. The maximum Gasteiger partial charge on any atom is 0.123 e. The van der Waals surface area contributed by atoms with Crippen molar-refractivity contribution in [1.29, 1.82) is 0 Å². The third-order valence-corrected chi connectivity index (χ3v) is 3.80. The first-order valence-electron chi connectivity index (χ1n) is 8.04. The molecule has 3 aromatic rings. The van der Waals surface area contributed by atoms with E-state index in [4.69, 9.17) is 0 Å². The second-order valence-electron chi connectivity index (χ2n) is 5.67. The van der Waals surface area contributed by atoms with Crippen LogP contribution in [0.25, 0.3) is 0 Å². The first kappa shape index (κ1) is 16.9. The van der Waals surface area contributed by atoms with Gasteiger partial charge in [-0.3, -0.25) is 0 Å². The molecular weight excluding hydrogens is 313 g/mol. The zero-order valence-corrected chi connectivity index (χ0v) is 13.6. The Labute approximate surface area is 147 Å². The Morgan fingerprint density at radius 3 is 2.08 bits per heavy atom. The van der Waals surface area contributed by atoms with Crippen molar-refractivity contribution in [3.63, 3.8) is 0 Å². The van der Waals surface area contributed by atoms with Crippen LogP contribution in [0.4, 0.5) is 4.39 Å². The minimum absolute atomic E-state index is 0.314. The average molecular weight is 331 g/mol. The molecule has 0 spiro atoms. The molecule has 0 aromatic heterocycles. The van der Waals surface area contributed by atoms with Crippen molar-refractivity contribution in [2.24, 2.45) is 0 Å². The Balaban J connectivity index is 1.88. The minimum Gasteiger partial charge on any atom is -0.312 e. The van der Waals surface area contributed by atoms with E-state index in [-0.39, 0.29) is 5.82 Å². The molecule has 0 saturated heterocycles. The van der Waals surface area contributed by atoms with Crippen molar-refractivity contribution in [2.75, 3.05) is 0 Å². The summed E-state index contributed by atoms with van der Waals surface area (Å²) in [6.07, 6.45) is 0. The molecular formula is C22H18FNO. The number of hydrogen-bond acceptors (Lipinski definition) is 2. The Bertz CT molecular complexity index is 851. The van der Waals surface area contributed by atoms with Gasteiger partial charge in [-0.25, -0.2) is 4.39 Å². The summed E-state index contributed by atoms with van der Waals surface area (Å²) in [5.74, 6) is 5.86. The predicted molar refractivity (Wildman–Crippen MR) is 96.2 cm³/mol. The Morgan fingerprint density at radius 1 is 0.840 bits per heavy atom. The molecule has 1 atom stereocenters. The molecule has 0 aliphatic carbocycles. The van der Waals surface area contributed by atoms with E-state index in [0.29, 0.717) is 6.54 Å². The van der Waals surface area contributed by atoms with Gasteiger partial charge in [0.1, 0.15) is 11.9 Å². The van der Waals surface area contributed by atoms with Crippen LogP contribution in [0.15, 0.2) is 84.9 Å². The van der Waals surface area contributed by atoms with Crippen LogP contribution in [-0.2, 0) is 6.54 Å². The first-order valence-corrected chi connectivity index (χ1v) is 8.04. The standard InChI is InChI=1S/C22H18FNO/c23-21-14-12-20(13-15-21)22(16-11-18-7-3-1-4-8-18)24(25)17-19-9-5-2-6-10-19/h1-10,12-15,22,25H,17H2. The zero-order valence-electron chi connectivity index (χ0n) is 13.6. The quantitative estimate of drug-likeness (QED) is 0.548. The molecule has 2 nitrogen and oxygen atoms in total. The van der Waals surface area contributed by atoms with E-state index in [0.717, 1.165) is 16.7 Å². The maximum absolute atomic E-state index is 13.2. The van der Waals surface area contributed by atoms with E-state index in [2.05, 4.69) is 11.8 Å². The van der Waals surface area contributed by atoms with E-state index in [9.17, 15) is 9.60 Å². The molecule has 0 fully saturated rings. The van der Waals surface area contributed by atoms with Crippen LogP contribution in [0.5, 0.6) is 0 Å². The monoisotopic (exact) mass is 331 g/mol. The second kappa shape index (κ2) is 8.25. The largest absolute Gasteiger partial charge is 0.312 e. The van der Waals surface area contributed by atoms with Crippen LogP contribution < -0.4 is 0 Å². The summed E-state index contributed by atoms with van der Waals surface area (Å²) in [5, 5.41) is 11.8. The van der Waals surface area contributed by atoms with Gasteiger partial charge in [0.25, 0.3) is 0 Å². The molecule has 0 aliphatic heterocycles. The van der Waals surface area contributed by atoms with Gasteiger partial charge in [0, 0.05) is 5.56 Å². The molecule has 1 unspecified atom stereocenters. The van der Waals surface area contributed by atoms with Gasteiger partial charge in [0.15, 0.2) is 0 Å². The predicted octanol–water partition coefficient (Wildman–Crippen LogP) is 4.81. The van der Waals surface area contributed by atoms with Crippen molar-refractivity contribution in [1.82, 2.24) is 5.06 Å². The van der Waals surface area contributed by atoms with Crippen molar-refractivity contribution < 1.29 is 9.60 Å². The van der Waals surface area contributed by atoms with Gasteiger partial charge in [-0.2, -0.15) is 5.06 Å². The second-order valence-corrected chi connectivity index (χ2v) is 5.67. The fraction of sp³-hybridized carbons (Fsp3) is 0.0909. The van der Waals surface area contributed by atoms with Crippen LogP contribution in [0.3, 0.4) is 0 Å². The Hall–Kier alpha value is -2.93. The molecule has 0 heterocycles. The lowest BCUT2D eigenvalue weighted by molar-refractivity contribution is -0.121. The lowest BCUT2D eigenvalue weighted by atomic mass is 10.1. The molecule has 3 aromatic carbocycles. The van der Waals surface area contributed by atoms with Crippen molar-refractivity contribution in [3.05, 3.63) is 107 Å². The molecule has 0 bridgehead atoms. The fourth-order valence-electron chi connectivity index (χ4n) is 2.51. The van der Waals surface area contributed by atoms with E-state index in [1.165, 1.54) is 17.2 Å². The van der Waals surface area contributed by atoms with Crippen molar-refractivity contribution in [3.8, 4) is 11.8 Å². The van der Waals surface area contributed by atoms with Gasteiger partial charge in [0.05, 0.1) is 6.54 Å². The van der Waals surface area contributed by atoms with Crippen molar-refractivity contribution in [2.45, 2.75) is 12.6 Å². The van der Waals surface area contributed by atoms with E-state index in [1.54, 1.807) is 12.1 Å². The lowest BCUT2D eigenvalue weighted by Crippen LogP contribution is -2.24. The fourth-order valence-corrected chi connectivity index (χ4v) is 2.51. The van der Waals surface area contributed by atoms with Gasteiger partial charge >= 0.3 is 0 Å². The highest BCUT2D eigenvalue weighted by atomic mass is 19.1. The lowest BCUT2D eigenvalue weighted by Gasteiger charge is -2.22. The van der Waals surface area contributed by atoms with Crippen molar-refractivity contribution >= 4 is 0 Å². The highest BCUT2D eigenvalue weighted by molar-refractivity contribution is 5.37. The number of hydroxylamine groups is 2. The Kier molecular flexibility index (Phi) is 5.58. The van der Waals surface area contributed by atoms with Gasteiger partial charge in [-0.15, -0.1) is 0 Å². The molecule has 0 saturated carbocycles. The van der Waals surface area contributed by atoms with E-state index in [1.807, 2.05) is 60.7 Å². The molecule has 25 heavy (non-hydrogen) atoms. The highest BCUT2D eigenvalue weighted by Gasteiger charge is 2.17. The number of benzene rings is 3. The summed E-state index contributed by atoms with van der Waals surface area (Å²) in [6.45, 7) is 0.326. The number of halogens is 1. The van der Waals surface area contributed by atoms with Gasteiger partial charge in [-0.05, 0) is 35.4 Å². The number of nitrogens with zero attached hydrogens (tertiary/aromatic N) is 1. The summed E-state index contributed by atoms with van der Waals surface area (Å²) >= 11 is 0. The SMILES string of the molecule is ON(Cc1ccccc1)C(C#Cc1ccccc1)c1ccc(F)cc1. The normalized spacial score (nSPS) is 11.6. The number of rotatable bonds is 4. The molecule has 3 rings (SSSR count). The molecule has 0 radical (unpaired) electrons. The van der Waals surface area contributed by atoms with Gasteiger partial charge in [-0.1, -0.05) is 72.5 Å². The molecule has 3 heteroatoms. The van der Waals surface area contributed by atoms with Crippen LogP contribution in [0.1, 0.15) is 22.7 Å². The molecule has 0 amide bonds.